The highest BCUT2D eigenvalue weighted by Crippen LogP contribution is 2.17. The van der Waals surface area contributed by atoms with Gasteiger partial charge in [-0.1, -0.05) is 60.2 Å². The minimum atomic E-state index is -0.445. The predicted molar refractivity (Wildman–Crippen MR) is 88.1 cm³/mol. The van der Waals surface area contributed by atoms with Crippen LogP contribution in [0.15, 0.2) is 54.6 Å². The van der Waals surface area contributed by atoms with Crippen molar-refractivity contribution in [2.75, 3.05) is 6.54 Å². The summed E-state index contributed by atoms with van der Waals surface area (Å²) in [6, 6.07) is 18.9. The lowest BCUT2D eigenvalue weighted by molar-refractivity contribution is 0.0908. The second kappa shape index (κ2) is 7.39. The molecule has 2 aromatic carbocycles. The smallest absolute Gasteiger partial charge is 0.0917 e. The molecule has 112 valence electrons. The Labute approximate surface area is 128 Å². The second-order valence-corrected chi connectivity index (χ2v) is 5.94. The van der Waals surface area contributed by atoms with Crippen LogP contribution >= 0.6 is 0 Å². The number of aliphatic hydroxyl groups excluding tert-OH is 1. The molecule has 0 aliphatic carbocycles. The Morgan fingerprint density at radius 2 is 1.57 bits per heavy atom. The SMILES string of the molecule is Cc1ccc(CN(C[C@@H](O)c2ccccc2)C(C)C)cc1. The number of aliphatic hydroxyl groups is 1. The van der Waals surface area contributed by atoms with E-state index in [2.05, 4.69) is 49.9 Å². The fourth-order valence-electron chi connectivity index (χ4n) is 2.39. The topological polar surface area (TPSA) is 23.5 Å². The lowest BCUT2D eigenvalue weighted by Crippen LogP contribution is -2.34. The molecule has 0 saturated carbocycles. The highest BCUT2D eigenvalue weighted by atomic mass is 16.3. The lowest BCUT2D eigenvalue weighted by atomic mass is 10.1. The van der Waals surface area contributed by atoms with E-state index in [1.54, 1.807) is 0 Å². The first-order valence-corrected chi connectivity index (χ1v) is 7.59. The van der Waals surface area contributed by atoms with Gasteiger partial charge in [0.1, 0.15) is 0 Å². The molecule has 0 aromatic heterocycles. The molecule has 0 bridgehead atoms. The van der Waals surface area contributed by atoms with Gasteiger partial charge in [-0.25, -0.2) is 0 Å². The van der Waals surface area contributed by atoms with Gasteiger partial charge in [0, 0.05) is 19.1 Å². The van der Waals surface area contributed by atoms with E-state index in [9.17, 15) is 5.11 Å². The normalized spacial score (nSPS) is 12.9. The number of rotatable bonds is 6. The van der Waals surface area contributed by atoms with Crippen LogP contribution in [0, 0.1) is 6.92 Å². The maximum Gasteiger partial charge on any atom is 0.0917 e. The molecule has 21 heavy (non-hydrogen) atoms. The molecule has 2 heteroatoms. The summed E-state index contributed by atoms with van der Waals surface area (Å²) in [5, 5.41) is 10.4. The van der Waals surface area contributed by atoms with Crippen molar-refractivity contribution in [3.8, 4) is 0 Å². The van der Waals surface area contributed by atoms with E-state index in [1.807, 2.05) is 30.3 Å². The van der Waals surface area contributed by atoms with Crippen LogP contribution in [-0.2, 0) is 6.54 Å². The molecule has 0 spiro atoms. The van der Waals surface area contributed by atoms with Crippen LogP contribution in [0.1, 0.15) is 36.6 Å². The summed E-state index contributed by atoms with van der Waals surface area (Å²) in [5.41, 5.74) is 3.54. The van der Waals surface area contributed by atoms with Crippen LogP contribution in [0.5, 0.6) is 0 Å². The van der Waals surface area contributed by atoms with Crippen molar-refractivity contribution in [2.45, 2.75) is 39.5 Å². The van der Waals surface area contributed by atoms with Gasteiger partial charge in [0.15, 0.2) is 0 Å². The van der Waals surface area contributed by atoms with Gasteiger partial charge in [-0.3, -0.25) is 4.90 Å². The Bertz CT molecular complexity index is 533. The molecule has 0 amide bonds. The van der Waals surface area contributed by atoms with E-state index in [-0.39, 0.29) is 0 Å². The zero-order valence-electron chi connectivity index (χ0n) is 13.2. The van der Waals surface area contributed by atoms with Gasteiger partial charge in [0.25, 0.3) is 0 Å². The molecule has 1 atom stereocenters. The summed E-state index contributed by atoms with van der Waals surface area (Å²) in [7, 11) is 0. The summed E-state index contributed by atoms with van der Waals surface area (Å²) in [6.45, 7) is 7.96. The van der Waals surface area contributed by atoms with E-state index >= 15 is 0 Å². The van der Waals surface area contributed by atoms with Crippen molar-refractivity contribution in [3.63, 3.8) is 0 Å². The highest BCUT2D eigenvalue weighted by molar-refractivity contribution is 5.21. The molecule has 0 heterocycles. The number of nitrogens with zero attached hydrogens (tertiary/aromatic N) is 1. The zero-order chi connectivity index (χ0) is 15.2. The third-order valence-electron chi connectivity index (χ3n) is 3.83. The van der Waals surface area contributed by atoms with E-state index in [1.165, 1.54) is 11.1 Å². The molecule has 0 radical (unpaired) electrons. The van der Waals surface area contributed by atoms with Gasteiger partial charge >= 0.3 is 0 Å². The van der Waals surface area contributed by atoms with Gasteiger partial charge in [0.2, 0.25) is 0 Å². The largest absolute Gasteiger partial charge is 0.387 e. The predicted octanol–water partition coefficient (Wildman–Crippen LogP) is 3.94. The van der Waals surface area contributed by atoms with Gasteiger partial charge in [-0.05, 0) is 31.9 Å². The van der Waals surface area contributed by atoms with Crippen molar-refractivity contribution in [1.29, 1.82) is 0 Å². The fourth-order valence-corrected chi connectivity index (χ4v) is 2.39. The lowest BCUT2D eigenvalue weighted by Gasteiger charge is -2.29. The highest BCUT2D eigenvalue weighted by Gasteiger charge is 2.16. The van der Waals surface area contributed by atoms with Crippen LogP contribution in [0.4, 0.5) is 0 Å². The summed E-state index contributed by atoms with van der Waals surface area (Å²) in [6.07, 6.45) is -0.445. The second-order valence-electron chi connectivity index (χ2n) is 5.94. The first-order chi connectivity index (χ1) is 10.1. The Morgan fingerprint density at radius 3 is 2.14 bits per heavy atom. The van der Waals surface area contributed by atoms with Crippen LogP contribution in [0.2, 0.25) is 0 Å². The quantitative estimate of drug-likeness (QED) is 0.868. The van der Waals surface area contributed by atoms with Gasteiger partial charge in [0.05, 0.1) is 6.10 Å². The van der Waals surface area contributed by atoms with E-state index in [4.69, 9.17) is 0 Å². The minimum Gasteiger partial charge on any atom is -0.387 e. The number of hydrogen-bond donors (Lipinski definition) is 1. The molecule has 2 nitrogen and oxygen atoms in total. The average Bonchev–Trinajstić information content (AvgIpc) is 2.49. The van der Waals surface area contributed by atoms with E-state index in [0.29, 0.717) is 12.6 Å². The maximum atomic E-state index is 10.4. The standard InChI is InChI=1S/C19H25NO/c1-15(2)20(13-17-11-9-16(3)10-12-17)14-19(21)18-7-5-4-6-8-18/h4-12,15,19,21H,13-14H2,1-3H3/t19-/m1/s1. The van der Waals surface area contributed by atoms with Gasteiger partial charge in [-0.2, -0.15) is 0 Å². The Kier molecular flexibility index (Phi) is 5.54. The van der Waals surface area contributed by atoms with Crippen molar-refractivity contribution in [3.05, 3.63) is 71.3 Å². The van der Waals surface area contributed by atoms with Crippen LogP contribution < -0.4 is 0 Å². The minimum absolute atomic E-state index is 0.393. The Hall–Kier alpha value is -1.64. The average molecular weight is 283 g/mol. The van der Waals surface area contributed by atoms with Crippen molar-refractivity contribution >= 4 is 0 Å². The van der Waals surface area contributed by atoms with Crippen LogP contribution in [0.25, 0.3) is 0 Å². The third kappa shape index (κ3) is 4.69. The molecule has 0 unspecified atom stereocenters. The summed E-state index contributed by atoms with van der Waals surface area (Å²) < 4.78 is 0. The summed E-state index contributed by atoms with van der Waals surface area (Å²) in [4.78, 5) is 2.31. The first-order valence-electron chi connectivity index (χ1n) is 7.59. The first kappa shape index (κ1) is 15.7. The molecule has 2 rings (SSSR count). The molecule has 0 aliphatic heterocycles. The molecule has 1 N–H and O–H groups in total. The van der Waals surface area contributed by atoms with Gasteiger partial charge < -0.3 is 5.11 Å². The molecular formula is C19H25NO. The molecule has 0 saturated heterocycles. The summed E-state index contributed by atoms with van der Waals surface area (Å²) in [5.74, 6) is 0. The fraction of sp³-hybridized carbons (Fsp3) is 0.368. The van der Waals surface area contributed by atoms with Crippen molar-refractivity contribution < 1.29 is 5.11 Å². The molecule has 2 aromatic rings. The molecule has 0 aliphatic rings. The zero-order valence-corrected chi connectivity index (χ0v) is 13.2. The monoisotopic (exact) mass is 283 g/mol. The number of hydrogen-bond acceptors (Lipinski definition) is 2. The Balaban J connectivity index is 2.04. The molecule has 0 fully saturated rings. The Morgan fingerprint density at radius 1 is 0.952 bits per heavy atom. The van der Waals surface area contributed by atoms with E-state index < -0.39 is 6.10 Å². The van der Waals surface area contributed by atoms with Crippen molar-refractivity contribution in [1.82, 2.24) is 4.90 Å². The third-order valence-corrected chi connectivity index (χ3v) is 3.83. The summed E-state index contributed by atoms with van der Waals surface area (Å²) >= 11 is 0. The van der Waals surface area contributed by atoms with E-state index in [0.717, 1.165) is 12.1 Å². The maximum absolute atomic E-state index is 10.4. The molecular weight excluding hydrogens is 258 g/mol. The van der Waals surface area contributed by atoms with Crippen LogP contribution in [0.3, 0.4) is 0 Å². The number of benzene rings is 2. The van der Waals surface area contributed by atoms with Crippen LogP contribution in [-0.4, -0.2) is 22.6 Å². The number of aryl methyl sites for hydroxylation is 1. The van der Waals surface area contributed by atoms with Crippen molar-refractivity contribution in [2.24, 2.45) is 0 Å². The van der Waals surface area contributed by atoms with Gasteiger partial charge in [-0.15, -0.1) is 0 Å².